The fraction of sp³-hybridized carbons (Fsp3) is 0.538. The molecule has 3 aromatic rings. The minimum Gasteiger partial charge on any atom is -0.363 e. The number of benzene rings is 1. The van der Waals surface area contributed by atoms with E-state index in [0.29, 0.717) is 6.04 Å². The van der Waals surface area contributed by atoms with Crippen LogP contribution in [0, 0.1) is 0 Å². The van der Waals surface area contributed by atoms with Crippen LogP contribution in [0.4, 0.5) is 5.82 Å². The number of hydrogen-bond donors (Lipinski definition) is 1. The Morgan fingerprint density at radius 1 is 0.935 bits per heavy atom. The quantitative estimate of drug-likeness (QED) is 0.545. The van der Waals surface area contributed by atoms with Crippen LogP contribution in [-0.2, 0) is 25.8 Å². The van der Waals surface area contributed by atoms with Crippen LogP contribution in [0.15, 0.2) is 24.3 Å². The number of thiophene rings is 1. The number of likely N-dealkylation sites (tertiary alicyclic amines) is 1. The molecule has 1 fully saturated rings. The maximum Gasteiger partial charge on any atom is 0.146 e. The fourth-order valence-electron chi connectivity index (χ4n) is 5.76. The van der Waals surface area contributed by atoms with Crippen LogP contribution in [0.5, 0.6) is 0 Å². The van der Waals surface area contributed by atoms with Crippen molar-refractivity contribution in [1.82, 2.24) is 14.9 Å². The number of anilines is 1. The molecule has 2 aliphatic carbocycles. The second kappa shape index (κ2) is 8.51. The Balaban J connectivity index is 1.40. The first kappa shape index (κ1) is 19.7. The molecule has 0 saturated carbocycles. The summed E-state index contributed by atoms with van der Waals surface area (Å²) < 4.78 is 0. The van der Waals surface area contributed by atoms with E-state index in [1.165, 1.54) is 104 Å². The zero-order chi connectivity index (χ0) is 20.6. The summed E-state index contributed by atoms with van der Waals surface area (Å²) in [6.45, 7) is 3.25. The van der Waals surface area contributed by atoms with Crippen LogP contribution in [0.25, 0.3) is 10.2 Å². The van der Waals surface area contributed by atoms with Crippen molar-refractivity contribution in [2.24, 2.45) is 0 Å². The number of nitrogens with one attached hydrogen (secondary N) is 1. The van der Waals surface area contributed by atoms with Crippen molar-refractivity contribution in [1.29, 1.82) is 0 Å². The van der Waals surface area contributed by atoms with E-state index in [2.05, 4.69) is 34.5 Å². The highest BCUT2D eigenvalue weighted by molar-refractivity contribution is 7.19. The molecule has 6 rings (SSSR count). The third-order valence-electron chi connectivity index (χ3n) is 7.36. The topological polar surface area (TPSA) is 41.1 Å². The summed E-state index contributed by atoms with van der Waals surface area (Å²) in [6, 6.07) is 9.32. The van der Waals surface area contributed by atoms with Gasteiger partial charge >= 0.3 is 0 Å². The first-order chi connectivity index (χ1) is 15.3. The van der Waals surface area contributed by atoms with Gasteiger partial charge in [-0.05, 0) is 87.6 Å². The fourth-order valence-corrected chi connectivity index (χ4v) is 7.04. The van der Waals surface area contributed by atoms with Gasteiger partial charge in [0.15, 0.2) is 0 Å². The minimum atomic E-state index is 0.352. The molecule has 3 heterocycles. The van der Waals surface area contributed by atoms with Crippen molar-refractivity contribution in [3.63, 3.8) is 0 Å². The normalized spacial score (nSPS) is 21.6. The molecule has 1 aliphatic heterocycles. The number of aromatic nitrogens is 2. The van der Waals surface area contributed by atoms with E-state index in [9.17, 15) is 0 Å². The van der Waals surface area contributed by atoms with Gasteiger partial charge in [0.1, 0.15) is 16.5 Å². The Bertz CT molecular complexity index is 1080. The van der Waals surface area contributed by atoms with Crippen molar-refractivity contribution >= 4 is 27.4 Å². The molecule has 1 N–H and O–H groups in total. The average Bonchev–Trinajstić information content (AvgIpc) is 3.19. The molecule has 4 nitrogen and oxygen atoms in total. The number of fused-ring (bicyclic) bond motifs is 4. The number of piperidine rings is 1. The van der Waals surface area contributed by atoms with Gasteiger partial charge in [-0.15, -0.1) is 11.3 Å². The van der Waals surface area contributed by atoms with Gasteiger partial charge in [0.25, 0.3) is 0 Å². The van der Waals surface area contributed by atoms with E-state index in [-0.39, 0.29) is 0 Å². The maximum atomic E-state index is 5.19. The highest BCUT2D eigenvalue weighted by Gasteiger charge is 2.25. The molecule has 0 radical (unpaired) electrons. The van der Waals surface area contributed by atoms with Gasteiger partial charge in [0, 0.05) is 4.88 Å². The van der Waals surface area contributed by atoms with E-state index >= 15 is 0 Å². The van der Waals surface area contributed by atoms with Crippen LogP contribution in [0.2, 0.25) is 0 Å². The highest BCUT2D eigenvalue weighted by Crippen LogP contribution is 2.41. The lowest BCUT2D eigenvalue weighted by Gasteiger charge is -2.28. The molecule has 0 amide bonds. The molecule has 0 bridgehead atoms. The second-order valence-electron chi connectivity index (χ2n) is 9.50. The Kier molecular flexibility index (Phi) is 5.41. The molecule has 5 heteroatoms. The van der Waals surface area contributed by atoms with Gasteiger partial charge in [-0.1, -0.05) is 30.7 Å². The van der Waals surface area contributed by atoms with Crippen LogP contribution in [0.3, 0.4) is 0 Å². The summed E-state index contributed by atoms with van der Waals surface area (Å²) in [4.78, 5) is 15.6. The third kappa shape index (κ3) is 3.87. The SMILES string of the molecule is c1ccc2c(c1)CCC[C@H]2Nc1nc(CN2CCCCC2)nc2sc3c(c12)CCCC3. The molecule has 0 unspecified atom stereocenters. The minimum absolute atomic E-state index is 0.352. The molecule has 2 aromatic heterocycles. The second-order valence-corrected chi connectivity index (χ2v) is 10.6. The summed E-state index contributed by atoms with van der Waals surface area (Å²) in [5, 5.41) is 5.26. The van der Waals surface area contributed by atoms with E-state index in [1.54, 1.807) is 4.88 Å². The van der Waals surface area contributed by atoms with Gasteiger partial charge in [-0.2, -0.15) is 0 Å². The van der Waals surface area contributed by atoms with Gasteiger partial charge < -0.3 is 5.32 Å². The van der Waals surface area contributed by atoms with Crippen molar-refractivity contribution < 1.29 is 0 Å². The van der Waals surface area contributed by atoms with E-state index in [1.807, 2.05) is 11.3 Å². The van der Waals surface area contributed by atoms with Crippen LogP contribution in [0.1, 0.15) is 78.4 Å². The molecule has 1 aromatic carbocycles. The summed E-state index contributed by atoms with van der Waals surface area (Å²) >= 11 is 1.93. The number of nitrogens with zero attached hydrogens (tertiary/aromatic N) is 3. The third-order valence-corrected chi connectivity index (χ3v) is 8.54. The Hall–Kier alpha value is -1.98. The molecule has 1 atom stereocenters. The number of rotatable bonds is 4. The van der Waals surface area contributed by atoms with Gasteiger partial charge in [-0.3, -0.25) is 4.90 Å². The molecule has 31 heavy (non-hydrogen) atoms. The highest BCUT2D eigenvalue weighted by atomic mass is 32.1. The monoisotopic (exact) mass is 432 g/mol. The summed E-state index contributed by atoms with van der Waals surface area (Å²) in [5.41, 5.74) is 4.49. The van der Waals surface area contributed by atoms with Crippen LogP contribution < -0.4 is 5.32 Å². The zero-order valence-electron chi connectivity index (χ0n) is 18.3. The molecule has 162 valence electrons. The lowest BCUT2D eigenvalue weighted by atomic mass is 9.87. The standard InChI is InChI=1S/C26H32N4S/c1-6-15-30(16-7-1)17-23-28-25(24-20-12-4-5-14-22(20)31-26(24)29-23)27-21-13-8-10-18-9-2-3-11-19(18)21/h2-3,9,11,21H,1,4-8,10,12-17H2,(H,27,28,29)/t21-/m1/s1. The Morgan fingerprint density at radius 2 is 1.81 bits per heavy atom. The van der Waals surface area contributed by atoms with Crippen LogP contribution >= 0.6 is 11.3 Å². The lowest BCUT2D eigenvalue weighted by molar-refractivity contribution is 0.216. The summed E-state index contributed by atoms with van der Waals surface area (Å²) in [7, 11) is 0. The first-order valence-corrected chi connectivity index (χ1v) is 13.0. The number of hydrogen-bond acceptors (Lipinski definition) is 5. The van der Waals surface area contributed by atoms with E-state index in [0.717, 1.165) is 18.2 Å². The van der Waals surface area contributed by atoms with E-state index < -0.39 is 0 Å². The maximum absolute atomic E-state index is 5.19. The molecular weight excluding hydrogens is 400 g/mol. The lowest BCUT2D eigenvalue weighted by Crippen LogP contribution is -2.30. The van der Waals surface area contributed by atoms with Crippen molar-refractivity contribution in [3.8, 4) is 0 Å². The molecule has 3 aliphatic rings. The number of aryl methyl sites for hydroxylation is 3. The predicted octanol–water partition coefficient (Wildman–Crippen LogP) is 6.05. The first-order valence-electron chi connectivity index (χ1n) is 12.2. The zero-order valence-corrected chi connectivity index (χ0v) is 19.1. The molecular formula is C26H32N4S. The van der Waals surface area contributed by atoms with Gasteiger partial charge in [-0.25, -0.2) is 9.97 Å². The largest absolute Gasteiger partial charge is 0.363 e. The summed E-state index contributed by atoms with van der Waals surface area (Å²) in [5.74, 6) is 2.10. The van der Waals surface area contributed by atoms with Crippen molar-refractivity contribution in [3.05, 3.63) is 51.7 Å². The van der Waals surface area contributed by atoms with Gasteiger partial charge in [0.05, 0.1) is 18.0 Å². The Labute approximate surface area is 189 Å². The van der Waals surface area contributed by atoms with Crippen molar-refractivity contribution in [2.45, 2.75) is 76.8 Å². The predicted molar refractivity (Wildman–Crippen MR) is 129 cm³/mol. The van der Waals surface area contributed by atoms with E-state index in [4.69, 9.17) is 9.97 Å². The Morgan fingerprint density at radius 3 is 2.74 bits per heavy atom. The average molecular weight is 433 g/mol. The van der Waals surface area contributed by atoms with Gasteiger partial charge in [0.2, 0.25) is 0 Å². The molecule has 0 spiro atoms. The van der Waals surface area contributed by atoms with Crippen LogP contribution in [-0.4, -0.2) is 28.0 Å². The smallest absolute Gasteiger partial charge is 0.146 e. The van der Waals surface area contributed by atoms with Crippen molar-refractivity contribution in [2.75, 3.05) is 18.4 Å². The summed E-state index contributed by atoms with van der Waals surface area (Å²) in [6.07, 6.45) is 12.6. The molecule has 1 saturated heterocycles.